The van der Waals surface area contributed by atoms with Crippen molar-refractivity contribution in [1.29, 1.82) is 0 Å². The number of ether oxygens (including phenoxy) is 1. The van der Waals surface area contributed by atoms with Crippen LogP contribution in [0.5, 0.6) is 0 Å². The Balaban J connectivity index is 1.86. The maximum absolute atomic E-state index is 12.3. The zero-order valence-electron chi connectivity index (χ0n) is 9.57. The van der Waals surface area contributed by atoms with Gasteiger partial charge in [0.15, 0.2) is 5.82 Å². The molecule has 3 heterocycles. The van der Waals surface area contributed by atoms with Gasteiger partial charge in [0.1, 0.15) is 11.7 Å². The van der Waals surface area contributed by atoms with E-state index < -0.39 is 0 Å². The van der Waals surface area contributed by atoms with Crippen molar-refractivity contribution >= 4 is 5.91 Å². The van der Waals surface area contributed by atoms with Crippen molar-refractivity contribution in [2.75, 3.05) is 19.8 Å². The molecule has 1 amide bonds. The molecule has 0 saturated carbocycles. The number of nitrogens with zero attached hydrogens (tertiary/aromatic N) is 3. The van der Waals surface area contributed by atoms with E-state index in [0.29, 0.717) is 31.3 Å². The molecule has 18 heavy (non-hydrogen) atoms. The molecule has 0 aliphatic carbocycles. The standard InChI is InChI=1S/C11H12N4O3/c16-11(8-2-1-3-12-8)15-4-5-17-6-9(15)10-13-7-18-14-10/h1-3,7,9,12H,4-6H2. The molecule has 2 aromatic heterocycles. The molecule has 2 aromatic rings. The number of aromatic nitrogens is 3. The fraction of sp³-hybridized carbons (Fsp3) is 0.364. The molecule has 0 spiro atoms. The average molecular weight is 248 g/mol. The van der Waals surface area contributed by atoms with Crippen molar-refractivity contribution in [1.82, 2.24) is 20.0 Å². The lowest BCUT2D eigenvalue weighted by molar-refractivity contribution is -0.00603. The summed E-state index contributed by atoms with van der Waals surface area (Å²) in [6, 6.07) is 3.23. The van der Waals surface area contributed by atoms with Gasteiger partial charge in [0.05, 0.1) is 13.2 Å². The first-order chi connectivity index (χ1) is 8.86. The van der Waals surface area contributed by atoms with Gasteiger partial charge in [-0.2, -0.15) is 4.98 Å². The van der Waals surface area contributed by atoms with E-state index in [1.807, 2.05) is 0 Å². The van der Waals surface area contributed by atoms with Crippen LogP contribution in [0.4, 0.5) is 0 Å². The highest BCUT2D eigenvalue weighted by Gasteiger charge is 2.32. The monoisotopic (exact) mass is 248 g/mol. The fourth-order valence-corrected chi connectivity index (χ4v) is 2.00. The molecule has 94 valence electrons. The minimum absolute atomic E-state index is 0.0851. The van der Waals surface area contributed by atoms with Crippen molar-refractivity contribution in [2.45, 2.75) is 6.04 Å². The van der Waals surface area contributed by atoms with Gasteiger partial charge in [0, 0.05) is 12.7 Å². The van der Waals surface area contributed by atoms with Crippen LogP contribution in [0.2, 0.25) is 0 Å². The molecular formula is C11H12N4O3. The maximum Gasteiger partial charge on any atom is 0.271 e. The highest BCUT2D eigenvalue weighted by molar-refractivity contribution is 5.92. The number of amides is 1. The molecule has 3 rings (SSSR count). The molecule has 1 fully saturated rings. The quantitative estimate of drug-likeness (QED) is 0.841. The van der Waals surface area contributed by atoms with Crippen molar-refractivity contribution in [3.8, 4) is 0 Å². The summed E-state index contributed by atoms with van der Waals surface area (Å²) in [6.45, 7) is 1.41. The number of nitrogens with one attached hydrogen (secondary N) is 1. The van der Waals surface area contributed by atoms with E-state index in [1.165, 1.54) is 6.39 Å². The largest absolute Gasteiger partial charge is 0.377 e. The number of morpholine rings is 1. The Hall–Kier alpha value is -2.15. The molecule has 1 unspecified atom stereocenters. The molecule has 1 aliphatic heterocycles. The van der Waals surface area contributed by atoms with Crippen LogP contribution in [0, 0.1) is 0 Å². The molecule has 7 nitrogen and oxygen atoms in total. The third-order valence-corrected chi connectivity index (χ3v) is 2.89. The average Bonchev–Trinajstić information content (AvgIpc) is 3.11. The smallest absolute Gasteiger partial charge is 0.271 e. The van der Waals surface area contributed by atoms with E-state index in [1.54, 1.807) is 23.2 Å². The van der Waals surface area contributed by atoms with Crippen molar-refractivity contribution in [2.24, 2.45) is 0 Å². The number of aromatic amines is 1. The lowest BCUT2D eigenvalue weighted by atomic mass is 10.2. The Morgan fingerprint density at radius 2 is 2.50 bits per heavy atom. The Morgan fingerprint density at radius 3 is 3.22 bits per heavy atom. The summed E-state index contributed by atoms with van der Waals surface area (Å²) in [6.07, 6.45) is 2.97. The predicted octanol–water partition coefficient (Wildman–Crippen LogP) is 0.611. The molecule has 0 bridgehead atoms. The number of hydrogen-bond donors (Lipinski definition) is 1. The third-order valence-electron chi connectivity index (χ3n) is 2.89. The van der Waals surface area contributed by atoms with Gasteiger partial charge in [-0.3, -0.25) is 4.79 Å². The molecule has 0 radical (unpaired) electrons. The van der Waals surface area contributed by atoms with Crippen LogP contribution in [0.3, 0.4) is 0 Å². The number of carbonyl (C=O) groups excluding carboxylic acids is 1. The molecule has 1 atom stereocenters. The highest BCUT2D eigenvalue weighted by atomic mass is 16.5. The van der Waals surface area contributed by atoms with Gasteiger partial charge < -0.3 is 19.1 Å². The van der Waals surface area contributed by atoms with Crippen LogP contribution in [0.15, 0.2) is 29.2 Å². The van der Waals surface area contributed by atoms with E-state index in [-0.39, 0.29) is 11.9 Å². The first-order valence-corrected chi connectivity index (χ1v) is 5.64. The Labute approximate surface area is 103 Å². The van der Waals surface area contributed by atoms with Gasteiger partial charge >= 0.3 is 0 Å². The highest BCUT2D eigenvalue weighted by Crippen LogP contribution is 2.22. The number of hydrogen-bond acceptors (Lipinski definition) is 5. The van der Waals surface area contributed by atoms with E-state index in [4.69, 9.17) is 9.26 Å². The summed E-state index contributed by atoms with van der Waals surface area (Å²) in [4.78, 5) is 20.9. The second kappa shape index (κ2) is 4.61. The second-order valence-electron chi connectivity index (χ2n) is 3.96. The van der Waals surface area contributed by atoms with Crippen molar-refractivity contribution < 1.29 is 14.1 Å². The first-order valence-electron chi connectivity index (χ1n) is 5.64. The van der Waals surface area contributed by atoms with Gasteiger partial charge in [0.2, 0.25) is 6.39 Å². The SMILES string of the molecule is O=C(c1ccc[nH]1)N1CCOCC1c1ncon1. The number of carbonyl (C=O) groups is 1. The molecular weight excluding hydrogens is 236 g/mol. The molecule has 0 aromatic carbocycles. The Bertz CT molecular complexity index is 508. The summed E-state index contributed by atoms with van der Waals surface area (Å²) in [5, 5.41) is 3.78. The van der Waals surface area contributed by atoms with Crippen LogP contribution < -0.4 is 0 Å². The number of H-pyrrole nitrogens is 1. The van der Waals surface area contributed by atoms with E-state index >= 15 is 0 Å². The molecule has 1 saturated heterocycles. The Kier molecular flexibility index (Phi) is 2.81. The normalized spacial score (nSPS) is 20.0. The van der Waals surface area contributed by atoms with Gasteiger partial charge in [-0.15, -0.1) is 0 Å². The van der Waals surface area contributed by atoms with Gasteiger partial charge in [-0.05, 0) is 12.1 Å². The summed E-state index contributed by atoms with van der Waals surface area (Å²) in [7, 11) is 0. The van der Waals surface area contributed by atoms with E-state index in [0.717, 1.165) is 0 Å². The second-order valence-corrected chi connectivity index (χ2v) is 3.96. The van der Waals surface area contributed by atoms with E-state index in [2.05, 4.69) is 15.1 Å². The fourth-order valence-electron chi connectivity index (χ4n) is 2.00. The molecule has 7 heteroatoms. The van der Waals surface area contributed by atoms with E-state index in [9.17, 15) is 4.79 Å². The molecule has 1 N–H and O–H groups in total. The number of rotatable bonds is 2. The van der Waals surface area contributed by atoms with Gasteiger partial charge in [-0.1, -0.05) is 5.16 Å². The van der Waals surface area contributed by atoms with Gasteiger partial charge in [0.25, 0.3) is 5.91 Å². The molecule has 1 aliphatic rings. The lowest BCUT2D eigenvalue weighted by Gasteiger charge is -2.33. The van der Waals surface area contributed by atoms with Crippen LogP contribution >= 0.6 is 0 Å². The minimum Gasteiger partial charge on any atom is -0.377 e. The predicted molar refractivity (Wildman–Crippen MR) is 59.7 cm³/mol. The maximum atomic E-state index is 12.3. The van der Waals surface area contributed by atoms with Crippen molar-refractivity contribution in [3.63, 3.8) is 0 Å². The third kappa shape index (κ3) is 1.88. The summed E-state index contributed by atoms with van der Waals surface area (Å²) in [5.74, 6) is 0.382. The summed E-state index contributed by atoms with van der Waals surface area (Å²) >= 11 is 0. The van der Waals surface area contributed by atoms with Crippen LogP contribution in [0.25, 0.3) is 0 Å². The zero-order chi connectivity index (χ0) is 12.4. The lowest BCUT2D eigenvalue weighted by Crippen LogP contribution is -2.44. The van der Waals surface area contributed by atoms with Crippen LogP contribution in [0.1, 0.15) is 22.4 Å². The summed E-state index contributed by atoms with van der Waals surface area (Å²) < 4.78 is 10.1. The van der Waals surface area contributed by atoms with Gasteiger partial charge in [-0.25, -0.2) is 0 Å². The minimum atomic E-state index is -0.298. The zero-order valence-corrected chi connectivity index (χ0v) is 9.57. The topological polar surface area (TPSA) is 84.2 Å². The van der Waals surface area contributed by atoms with Crippen LogP contribution in [-0.4, -0.2) is 45.7 Å². The summed E-state index contributed by atoms with van der Waals surface area (Å²) in [5.41, 5.74) is 0.547. The Morgan fingerprint density at radius 1 is 1.56 bits per heavy atom. The van der Waals surface area contributed by atoms with Crippen molar-refractivity contribution in [3.05, 3.63) is 36.2 Å². The first kappa shape index (κ1) is 11.0. The van der Waals surface area contributed by atoms with Crippen LogP contribution in [-0.2, 0) is 4.74 Å².